The first-order valence-corrected chi connectivity index (χ1v) is 10.9. The Morgan fingerprint density at radius 2 is 1.55 bits per heavy atom. The van der Waals surface area contributed by atoms with E-state index in [-0.39, 0.29) is 22.0 Å². The number of phenolic OH excluding ortho intramolecular Hbond substituents is 1. The SMILES string of the molecule is COc1ccc(C=C2SC(=O)NC2=O)cc1-c1cc(C(C)(C)C)c(O)c(C(C)(C)C)c1. The molecule has 0 saturated carbocycles. The zero-order chi connectivity index (χ0) is 23.1. The highest BCUT2D eigenvalue weighted by Gasteiger charge is 2.28. The molecule has 0 atom stereocenters. The summed E-state index contributed by atoms with van der Waals surface area (Å²) in [6, 6.07) is 9.64. The normalized spacial score (nSPS) is 16.0. The number of carbonyl (C=O) groups excluding carboxylic acids is 2. The average Bonchev–Trinajstić information content (AvgIpc) is 2.97. The van der Waals surface area contributed by atoms with Crippen molar-refractivity contribution in [2.24, 2.45) is 0 Å². The average molecular weight is 440 g/mol. The van der Waals surface area contributed by atoms with Crippen LogP contribution >= 0.6 is 11.8 Å². The molecule has 1 aliphatic heterocycles. The molecule has 2 aromatic rings. The van der Waals surface area contributed by atoms with Crippen LogP contribution in [0.4, 0.5) is 4.79 Å². The third-order valence-corrected chi connectivity index (χ3v) is 6.01. The van der Waals surface area contributed by atoms with E-state index in [0.29, 0.717) is 16.4 Å². The van der Waals surface area contributed by atoms with E-state index < -0.39 is 0 Å². The van der Waals surface area contributed by atoms with Crippen LogP contribution in [-0.4, -0.2) is 23.4 Å². The van der Waals surface area contributed by atoms with E-state index >= 15 is 0 Å². The van der Waals surface area contributed by atoms with Gasteiger partial charge in [-0.25, -0.2) is 0 Å². The molecule has 5 nitrogen and oxygen atoms in total. The maximum Gasteiger partial charge on any atom is 0.290 e. The van der Waals surface area contributed by atoms with Crippen LogP contribution in [0.2, 0.25) is 0 Å². The summed E-state index contributed by atoms with van der Waals surface area (Å²) in [5.41, 5.74) is 3.75. The molecule has 0 spiro atoms. The summed E-state index contributed by atoms with van der Waals surface area (Å²) < 4.78 is 5.62. The molecule has 0 bridgehead atoms. The second-order valence-corrected chi connectivity index (χ2v) is 10.7. The van der Waals surface area contributed by atoms with Crippen molar-refractivity contribution >= 4 is 29.0 Å². The van der Waals surface area contributed by atoms with Crippen LogP contribution in [0.5, 0.6) is 11.5 Å². The molecule has 2 aromatic carbocycles. The Balaban J connectivity index is 2.23. The van der Waals surface area contributed by atoms with Crippen LogP contribution in [0, 0.1) is 0 Å². The second-order valence-electron chi connectivity index (χ2n) is 9.73. The minimum absolute atomic E-state index is 0.258. The standard InChI is InChI=1S/C25H29NO4S/c1-24(2,3)17-12-15(13-18(21(17)27)25(4,5)6)16-10-14(8-9-19(16)30-7)11-20-22(28)26-23(29)31-20/h8-13,27H,1-7H3,(H,26,28,29). The number of carbonyl (C=O) groups is 2. The topological polar surface area (TPSA) is 75.6 Å². The van der Waals surface area contributed by atoms with Gasteiger partial charge in [0, 0.05) is 16.7 Å². The maximum absolute atomic E-state index is 11.9. The van der Waals surface area contributed by atoms with Gasteiger partial charge in [0.05, 0.1) is 12.0 Å². The quantitative estimate of drug-likeness (QED) is 0.575. The lowest BCUT2D eigenvalue weighted by Gasteiger charge is -2.28. The van der Waals surface area contributed by atoms with Gasteiger partial charge in [-0.1, -0.05) is 47.6 Å². The first-order valence-electron chi connectivity index (χ1n) is 10.1. The number of rotatable bonds is 3. The van der Waals surface area contributed by atoms with Crippen molar-refractivity contribution in [1.29, 1.82) is 0 Å². The van der Waals surface area contributed by atoms with E-state index in [1.165, 1.54) is 0 Å². The van der Waals surface area contributed by atoms with E-state index in [1.807, 2.05) is 30.3 Å². The predicted octanol–water partition coefficient (Wildman–Crippen LogP) is 5.99. The molecule has 0 radical (unpaired) electrons. The number of ether oxygens (including phenoxy) is 1. The Hall–Kier alpha value is -2.73. The van der Waals surface area contributed by atoms with Gasteiger partial charge >= 0.3 is 0 Å². The number of imide groups is 1. The van der Waals surface area contributed by atoms with Gasteiger partial charge in [0.1, 0.15) is 11.5 Å². The lowest BCUT2D eigenvalue weighted by atomic mass is 9.77. The molecule has 6 heteroatoms. The number of thioether (sulfide) groups is 1. The van der Waals surface area contributed by atoms with Gasteiger partial charge in [-0.15, -0.1) is 0 Å². The predicted molar refractivity (Wildman–Crippen MR) is 127 cm³/mol. The zero-order valence-corrected chi connectivity index (χ0v) is 19.9. The highest BCUT2D eigenvalue weighted by molar-refractivity contribution is 8.18. The second kappa shape index (κ2) is 8.08. The Morgan fingerprint density at radius 1 is 0.968 bits per heavy atom. The molecule has 3 rings (SSSR count). The number of methoxy groups -OCH3 is 1. The summed E-state index contributed by atoms with van der Waals surface area (Å²) in [6.07, 6.45) is 1.70. The molecule has 31 heavy (non-hydrogen) atoms. The van der Waals surface area contributed by atoms with Gasteiger partial charge in [0.25, 0.3) is 11.1 Å². The fourth-order valence-corrected chi connectivity index (χ4v) is 4.23. The molecule has 164 valence electrons. The fraction of sp³-hybridized carbons (Fsp3) is 0.360. The molecule has 0 aromatic heterocycles. The highest BCUT2D eigenvalue weighted by Crippen LogP contribution is 2.44. The lowest BCUT2D eigenvalue weighted by Crippen LogP contribution is -2.17. The van der Waals surface area contributed by atoms with E-state index in [2.05, 4.69) is 46.9 Å². The Morgan fingerprint density at radius 3 is 2.00 bits per heavy atom. The van der Waals surface area contributed by atoms with E-state index in [1.54, 1.807) is 13.2 Å². The molecule has 0 unspecified atom stereocenters. The van der Waals surface area contributed by atoms with Gasteiger partial charge in [-0.05, 0) is 64.1 Å². The highest BCUT2D eigenvalue weighted by atomic mass is 32.2. The van der Waals surface area contributed by atoms with Gasteiger partial charge in [-0.3, -0.25) is 14.9 Å². The molecular formula is C25H29NO4S. The lowest BCUT2D eigenvalue weighted by molar-refractivity contribution is -0.115. The molecule has 1 heterocycles. The zero-order valence-electron chi connectivity index (χ0n) is 19.0. The largest absolute Gasteiger partial charge is 0.507 e. The van der Waals surface area contributed by atoms with Crippen molar-refractivity contribution in [2.45, 2.75) is 52.4 Å². The first kappa shape index (κ1) is 22.9. The number of hydrogen-bond acceptors (Lipinski definition) is 5. The van der Waals surface area contributed by atoms with E-state index in [0.717, 1.165) is 39.6 Å². The van der Waals surface area contributed by atoms with Gasteiger partial charge in [-0.2, -0.15) is 0 Å². The van der Waals surface area contributed by atoms with Crippen LogP contribution in [-0.2, 0) is 15.6 Å². The molecule has 1 saturated heterocycles. The van der Waals surface area contributed by atoms with Gasteiger partial charge in [0.15, 0.2) is 0 Å². The Labute approximate surface area is 187 Å². The minimum atomic E-state index is -0.387. The van der Waals surface area contributed by atoms with Crippen molar-refractivity contribution in [3.63, 3.8) is 0 Å². The molecule has 2 N–H and O–H groups in total. The van der Waals surface area contributed by atoms with Crippen LogP contribution in [0.15, 0.2) is 35.2 Å². The third kappa shape index (κ3) is 4.79. The molecular weight excluding hydrogens is 410 g/mol. The van der Waals surface area contributed by atoms with Crippen LogP contribution < -0.4 is 10.1 Å². The van der Waals surface area contributed by atoms with E-state index in [9.17, 15) is 14.7 Å². The number of nitrogens with one attached hydrogen (secondary N) is 1. The fourth-order valence-electron chi connectivity index (χ4n) is 3.55. The van der Waals surface area contributed by atoms with Crippen molar-refractivity contribution in [3.8, 4) is 22.6 Å². The number of hydrogen-bond donors (Lipinski definition) is 2. The molecule has 1 fully saturated rings. The summed E-state index contributed by atoms with van der Waals surface area (Å²) in [4.78, 5) is 23.8. The third-order valence-electron chi connectivity index (χ3n) is 5.20. The Bertz CT molecular complexity index is 1050. The molecule has 1 aliphatic rings. The first-order chi connectivity index (χ1) is 14.3. The van der Waals surface area contributed by atoms with Crippen LogP contribution in [0.1, 0.15) is 58.2 Å². The van der Waals surface area contributed by atoms with Crippen molar-refractivity contribution in [3.05, 3.63) is 51.9 Å². The smallest absolute Gasteiger partial charge is 0.290 e. The summed E-state index contributed by atoms with van der Waals surface area (Å²) in [5.74, 6) is 0.618. The number of amides is 2. The number of benzene rings is 2. The summed E-state index contributed by atoms with van der Waals surface area (Å²) >= 11 is 0.891. The van der Waals surface area contributed by atoms with Crippen LogP contribution in [0.3, 0.4) is 0 Å². The Kier molecular flexibility index (Phi) is 5.98. The summed E-state index contributed by atoms with van der Waals surface area (Å²) in [6.45, 7) is 12.4. The van der Waals surface area contributed by atoms with Gasteiger partial charge < -0.3 is 9.84 Å². The van der Waals surface area contributed by atoms with Crippen molar-refractivity contribution < 1.29 is 19.4 Å². The molecule has 2 amide bonds. The molecule has 0 aliphatic carbocycles. The minimum Gasteiger partial charge on any atom is -0.507 e. The number of phenols is 1. The summed E-state index contributed by atoms with van der Waals surface area (Å²) in [7, 11) is 1.62. The van der Waals surface area contributed by atoms with Crippen LogP contribution in [0.25, 0.3) is 17.2 Å². The number of aromatic hydroxyl groups is 1. The van der Waals surface area contributed by atoms with Crippen molar-refractivity contribution in [1.82, 2.24) is 5.32 Å². The van der Waals surface area contributed by atoms with Crippen molar-refractivity contribution in [2.75, 3.05) is 7.11 Å². The maximum atomic E-state index is 11.9. The monoisotopic (exact) mass is 439 g/mol. The van der Waals surface area contributed by atoms with Gasteiger partial charge in [0.2, 0.25) is 0 Å². The summed E-state index contributed by atoms with van der Waals surface area (Å²) in [5, 5.41) is 12.9. The van der Waals surface area contributed by atoms with E-state index in [4.69, 9.17) is 4.74 Å².